The fraction of sp³-hybridized carbons (Fsp3) is 0.235. The van der Waals surface area contributed by atoms with Crippen molar-refractivity contribution in [2.45, 2.75) is 0 Å². The number of aromatic hydroxyl groups is 1. The number of hydrogen-bond donors (Lipinski definition) is 1. The summed E-state index contributed by atoms with van der Waals surface area (Å²) in [5.74, 6) is 0.588. The molecule has 1 saturated heterocycles. The second kappa shape index (κ2) is 6.25. The molecule has 0 aliphatic carbocycles. The monoisotopic (exact) mass is 357 g/mol. The number of phenolic OH excluding ortho intramolecular Hbond substituents is 1. The van der Waals surface area contributed by atoms with Gasteiger partial charge in [-0.2, -0.15) is 0 Å². The number of carbonyl (C=O) groups excluding carboxylic acids is 1. The maximum Gasteiger partial charge on any atom is 0.257 e. The third-order valence-corrected chi connectivity index (χ3v) is 4.56. The van der Waals surface area contributed by atoms with E-state index in [1.54, 1.807) is 27.9 Å². The van der Waals surface area contributed by atoms with Crippen molar-refractivity contribution in [3.05, 3.63) is 53.3 Å². The van der Waals surface area contributed by atoms with E-state index in [1.807, 2.05) is 12.1 Å². The Balaban J connectivity index is 1.47. The van der Waals surface area contributed by atoms with Crippen molar-refractivity contribution in [2.75, 3.05) is 31.1 Å². The van der Waals surface area contributed by atoms with Crippen LogP contribution in [0, 0.1) is 0 Å². The smallest absolute Gasteiger partial charge is 0.257 e. The molecule has 1 aliphatic heterocycles. The number of piperazine rings is 1. The first kappa shape index (κ1) is 15.7. The zero-order valence-electron chi connectivity index (χ0n) is 13.3. The Bertz CT molecular complexity index is 934. The summed E-state index contributed by atoms with van der Waals surface area (Å²) in [4.78, 5) is 20.6. The molecule has 1 N–H and O–H groups in total. The summed E-state index contributed by atoms with van der Waals surface area (Å²) in [6, 6.07) is 8.35. The zero-order valence-corrected chi connectivity index (χ0v) is 14.1. The van der Waals surface area contributed by atoms with Crippen LogP contribution in [0.5, 0.6) is 5.75 Å². The first-order chi connectivity index (χ1) is 12.1. The van der Waals surface area contributed by atoms with E-state index < -0.39 is 0 Å². The summed E-state index contributed by atoms with van der Waals surface area (Å²) in [5.41, 5.74) is 1.04. The Labute approximate surface area is 149 Å². The lowest BCUT2D eigenvalue weighted by molar-refractivity contribution is 0.0743. The van der Waals surface area contributed by atoms with E-state index in [-0.39, 0.29) is 17.2 Å². The predicted octanol–water partition coefficient (Wildman–Crippen LogP) is 2.05. The molecule has 1 aliphatic rings. The summed E-state index contributed by atoms with van der Waals surface area (Å²) in [5, 5.41) is 14.9. The SMILES string of the molecule is O=C(c1cc(Cl)ccc1O)N1CCN(c2ccc3nccn3n2)CC1. The van der Waals surface area contributed by atoms with Crippen LogP contribution >= 0.6 is 11.6 Å². The maximum absolute atomic E-state index is 12.6. The maximum atomic E-state index is 12.6. The number of rotatable bonds is 2. The third kappa shape index (κ3) is 2.98. The Morgan fingerprint density at radius 1 is 1.12 bits per heavy atom. The van der Waals surface area contributed by atoms with Crippen molar-refractivity contribution < 1.29 is 9.90 Å². The lowest BCUT2D eigenvalue weighted by Crippen LogP contribution is -2.49. The lowest BCUT2D eigenvalue weighted by Gasteiger charge is -2.35. The number of halogens is 1. The number of hydrogen-bond acceptors (Lipinski definition) is 5. The number of carbonyl (C=O) groups is 1. The average Bonchev–Trinajstić information content (AvgIpc) is 3.11. The number of imidazole rings is 1. The number of phenols is 1. The van der Waals surface area contributed by atoms with Crippen LogP contribution in [0.3, 0.4) is 0 Å². The molecule has 1 amide bonds. The average molecular weight is 358 g/mol. The minimum absolute atomic E-state index is 0.0518. The zero-order chi connectivity index (χ0) is 17.4. The van der Waals surface area contributed by atoms with Crippen molar-refractivity contribution in [1.82, 2.24) is 19.5 Å². The molecule has 3 heterocycles. The Morgan fingerprint density at radius 2 is 1.92 bits per heavy atom. The van der Waals surface area contributed by atoms with Gasteiger partial charge in [-0.15, -0.1) is 5.10 Å². The van der Waals surface area contributed by atoms with Crippen LogP contribution in [0.2, 0.25) is 5.02 Å². The predicted molar refractivity (Wildman–Crippen MR) is 94.2 cm³/mol. The molecule has 0 spiro atoms. The molecule has 0 radical (unpaired) electrons. The Kier molecular flexibility index (Phi) is 3.93. The van der Waals surface area contributed by atoms with Crippen LogP contribution in [0.4, 0.5) is 5.82 Å². The normalized spacial score (nSPS) is 14.9. The molecule has 128 valence electrons. The van der Waals surface area contributed by atoms with Gasteiger partial charge < -0.3 is 14.9 Å². The van der Waals surface area contributed by atoms with Crippen molar-refractivity contribution in [3.8, 4) is 5.75 Å². The molecule has 0 saturated carbocycles. The van der Waals surface area contributed by atoms with Crippen LogP contribution in [0.25, 0.3) is 5.65 Å². The summed E-state index contributed by atoms with van der Waals surface area (Å²) >= 11 is 5.94. The summed E-state index contributed by atoms with van der Waals surface area (Å²) in [6.45, 7) is 2.43. The van der Waals surface area contributed by atoms with Gasteiger partial charge in [0.25, 0.3) is 5.91 Å². The molecule has 8 heteroatoms. The van der Waals surface area contributed by atoms with Crippen LogP contribution in [-0.4, -0.2) is 56.7 Å². The molecule has 2 aromatic heterocycles. The first-order valence-electron chi connectivity index (χ1n) is 7.95. The van der Waals surface area contributed by atoms with E-state index in [4.69, 9.17) is 11.6 Å². The number of aromatic nitrogens is 3. The molecule has 1 fully saturated rings. The Morgan fingerprint density at radius 3 is 2.72 bits per heavy atom. The van der Waals surface area contributed by atoms with Gasteiger partial charge in [0.2, 0.25) is 0 Å². The van der Waals surface area contributed by atoms with Gasteiger partial charge in [0.15, 0.2) is 5.65 Å². The highest BCUT2D eigenvalue weighted by molar-refractivity contribution is 6.31. The highest BCUT2D eigenvalue weighted by Crippen LogP contribution is 2.24. The fourth-order valence-electron chi connectivity index (χ4n) is 2.96. The van der Waals surface area contributed by atoms with Gasteiger partial charge in [0.05, 0.1) is 5.56 Å². The molecular formula is C17H16ClN5O2. The first-order valence-corrected chi connectivity index (χ1v) is 8.33. The van der Waals surface area contributed by atoms with Gasteiger partial charge in [-0.05, 0) is 30.3 Å². The number of amides is 1. The number of anilines is 1. The van der Waals surface area contributed by atoms with E-state index in [9.17, 15) is 9.90 Å². The van der Waals surface area contributed by atoms with E-state index in [0.29, 0.717) is 31.2 Å². The minimum atomic E-state index is -0.210. The number of fused-ring (bicyclic) bond motifs is 1. The molecular weight excluding hydrogens is 342 g/mol. The largest absolute Gasteiger partial charge is 0.507 e. The lowest BCUT2D eigenvalue weighted by atomic mass is 10.1. The standard InChI is InChI=1S/C17H16ClN5O2/c18-12-1-2-14(24)13(11-12)17(25)22-9-7-21(8-10-22)16-4-3-15-19-5-6-23(15)20-16/h1-6,11,24H,7-10H2. The van der Waals surface area contributed by atoms with Crippen LogP contribution < -0.4 is 4.90 Å². The number of nitrogens with zero attached hydrogens (tertiary/aromatic N) is 5. The van der Waals surface area contributed by atoms with Crippen LogP contribution in [-0.2, 0) is 0 Å². The van der Waals surface area contributed by atoms with Crippen molar-refractivity contribution in [3.63, 3.8) is 0 Å². The van der Waals surface area contributed by atoms with Gasteiger partial charge in [-0.3, -0.25) is 4.79 Å². The van der Waals surface area contributed by atoms with Crippen LogP contribution in [0.1, 0.15) is 10.4 Å². The summed E-state index contributed by atoms with van der Waals surface area (Å²) in [6.07, 6.45) is 3.51. The summed E-state index contributed by atoms with van der Waals surface area (Å²) in [7, 11) is 0. The molecule has 0 unspecified atom stereocenters. The van der Waals surface area contributed by atoms with E-state index in [1.165, 1.54) is 12.1 Å². The Hall–Kier alpha value is -2.80. The molecule has 7 nitrogen and oxygen atoms in total. The summed E-state index contributed by atoms with van der Waals surface area (Å²) < 4.78 is 1.73. The molecule has 0 bridgehead atoms. The van der Waals surface area contributed by atoms with Gasteiger partial charge in [-0.25, -0.2) is 9.50 Å². The highest BCUT2D eigenvalue weighted by Gasteiger charge is 2.25. The van der Waals surface area contributed by atoms with Crippen molar-refractivity contribution >= 4 is 29.0 Å². The van der Waals surface area contributed by atoms with Gasteiger partial charge in [-0.1, -0.05) is 11.6 Å². The fourth-order valence-corrected chi connectivity index (χ4v) is 3.13. The van der Waals surface area contributed by atoms with E-state index in [0.717, 1.165) is 11.5 Å². The third-order valence-electron chi connectivity index (χ3n) is 4.32. The minimum Gasteiger partial charge on any atom is -0.507 e. The molecule has 3 aromatic rings. The van der Waals surface area contributed by atoms with Crippen molar-refractivity contribution in [1.29, 1.82) is 0 Å². The van der Waals surface area contributed by atoms with Gasteiger partial charge in [0, 0.05) is 43.6 Å². The quantitative estimate of drug-likeness (QED) is 0.759. The molecule has 1 aromatic carbocycles. The van der Waals surface area contributed by atoms with E-state index >= 15 is 0 Å². The molecule has 4 rings (SSSR count). The van der Waals surface area contributed by atoms with E-state index in [2.05, 4.69) is 15.0 Å². The van der Waals surface area contributed by atoms with Crippen LogP contribution in [0.15, 0.2) is 42.7 Å². The topological polar surface area (TPSA) is 74.0 Å². The molecule has 25 heavy (non-hydrogen) atoms. The second-order valence-electron chi connectivity index (χ2n) is 5.86. The van der Waals surface area contributed by atoms with Gasteiger partial charge >= 0.3 is 0 Å². The molecule has 0 atom stereocenters. The second-order valence-corrected chi connectivity index (χ2v) is 6.30. The van der Waals surface area contributed by atoms with Gasteiger partial charge in [0.1, 0.15) is 11.6 Å². The number of benzene rings is 1. The van der Waals surface area contributed by atoms with Crippen molar-refractivity contribution in [2.24, 2.45) is 0 Å². The highest BCUT2D eigenvalue weighted by atomic mass is 35.5.